The van der Waals surface area contributed by atoms with Crippen molar-refractivity contribution >= 4 is 34.3 Å². The van der Waals surface area contributed by atoms with E-state index in [4.69, 9.17) is 4.74 Å². The van der Waals surface area contributed by atoms with Gasteiger partial charge < -0.3 is 20.1 Å². The van der Waals surface area contributed by atoms with Crippen LogP contribution in [0, 0.1) is 0 Å². The number of alkyl halides is 2. The topological polar surface area (TPSA) is 61.8 Å². The maximum Gasteiger partial charge on any atom is 0.337 e. The Morgan fingerprint density at radius 2 is 1.68 bits per heavy atom. The Morgan fingerprint density at radius 3 is 2.24 bits per heavy atom. The molecule has 0 atom stereocenters. The summed E-state index contributed by atoms with van der Waals surface area (Å²) >= 11 is 0. The zero-order chi connectivity index (χ0) is 24.3. The molecule has 0 fully saturated rings. The minimum absolute atomic E-state index is 0.106. The minimum Gasteiger partial charge on any atom is -0.497 e. The molecule has 3 aromatic carbocycles. The number of aromatic carboxylic acids is 1. The first-order valence-electron chi connectivity index (χ1n) is 11.0. The van der Waals surface area contributed by atoms with Crippen molar-refractivity contribution in [1.29, 1.82) is 0 Å². The molecule has 0 spiro atoms. The fourth-order valence-corrected chi connectivity index (χ4v) is 3.96. The zero-order valence-corrected chi connectivity index (χ0v) is 19.0. The number of benzene rings is 3. The van der Waals surface area contributed by atoms with E-state index in [0.29, 0.717) is 17.9 Å². The molecule has 176 valence electrons. The van der Waals surface area contributed by atoms with E-state index < -0.39 is 11.9 Å². The van der Waals surface area contributed by atoms with Gasteiger partial charge in [-0.2, -0.15) is 0 Å². The van der Waals surface area contributed by atoms with Crippen LogP contribution in [0.4, 0.5) is 31.5 Å². The summed E-state index contributed by atoms with van der Waals surface area (Å²) in [7, 11) is 3.44. The second kappa shape index (κ2) is 9.55. The molecule has 0 radical (unpaired) electrons. The average Bonchev–Trinajstić information content (AvgIpc) is 2.84. The van der Waals surface area contributed by atoms with Gasteiger partial charge in [-0.1, -0.05) is 18.2 Å². The Kier molecular flexibility index (Phi) is 6.54. The summed E-state index contributed by atoms with van der Waals surface area (Å²) in [6.45, 7) is 0. The predicted octanol–water partition coefficient (Wildman–Crippen LogP) is 7.11. The molecule has 0 heterocycles. The van der Waals surface area contributed by atoms with Gasteiger partial charge in [0.25, 0.3) is 5.92 Å². The molecule has 0 unspecified atom stereocenters. The lowest BCUT2D eigenvalue weighted by Crippen LogP contribution is -2.18. The van der Waals surface area contributed by atoms with Gasteiger partial charge in [0.15, 0.2) is 0 Å². The molecule has 5 nitrogen and oxygen atoms in total. The Labute approximate surface area is 197 Å². The molecule has 0 aliphatic heterocycles. The van der Waals surface area contributed by atoms with Gasteiger partial charge in [0, 0.05) is 37.0 Å². The molecular weight excluding hydrogens is 438 g/mol. The molecule has 1 aliphatic rings. The smallest absolute Gasteiger partial charge is 0.337 e. The fraction of sp³-hybridized carbons (Fsp3) is 0.222. The van der Waals surface area contributed by atoms with Crippen molar-refractivity contribution in [3.05, 3.63) is 83.9 Å². The number of carboxylic acids is 1. The number of anilines is 4. The number of rotatable bonds is 7. The van der Waals surface area contributed by atoms with Gasteiger partial charge in [-0.15, -0.1) is 0 Å². The Bertz CT molecular complexity index is 1210. The van der Waals surface area contributed by atoms with E-state index in [2.05, 4.69) is 5.32 Å². The number of nitrogens with zero attached hydrogens (tertiary/aromatic N) is 1. The van der Waals surface area contributed by atoms with E-state index in [1.54, 1.807) is 18.2 Å². The van der Waals surface area contributed by atoms with Crippen LogP contribution in [0.3, 0.4) is 0 Å². The summed E-state index contributed by atoms with van der Waals surface area (Å²) in [4.78, 5) is 13.6. The van der Waals surface area contributed by atoms with E-state index in [-0.39, 0.29) is 18.4 Å². The molecule has 34 heavy (non-hydrogen) atoms. The van der Waals surface area contributed by atoms with Crippen LogP contribution < -0.4 is 15.0 Å². The Hall–Kier alpha value is -3.87. The van der Waals surface area contributed by atoms with Gasteiger partial charge in [0.05, 0.1) is 18.4 Å². The van der Waals surface area contributed by atoms with E-state index in [9.17, 15) is 18.7 Å². The molecule has 0 bridgehead atoms. The molecule has 0 amide bonds. The average molecular weight is 465 g/mol. The zero-order valence-electron chi connectivity index (χ0n) is 19.0. The number of carbonyl (C=O) groups is 1. The van der Waals surface area contributed by atoms with Gasteiger partial charge in [-0.3, -0.25) is 0 Å². The predicted molar refractivity (Wildman–Crippen MR) is 131 cm³/mol. The third-order valence-corrected chi connectivity index (χ3v) is 6.02. The minimum atomic E-state index is -2.59. The van der Waals surface area contributed by atoms with Crippen molar-refractivity contribution in [3.8, 4) is 5.75 Å². The third kappa shape index (κ3) is 5.20. The van der Waals surface area contributed by atoms with Crippen molar-refractivity contribution in [2.24, 2.45) is 0 Å². The summed E-state index contributed by atoms with van der Waals surface area (Å²) < 4.78 is 31.9. The maximum absolute atomic E-state index is 13.4. The number of halogens is 2. The van der Waals surface area contributed by atoms with E-state index in [0.717, 1.165) is 28.2 Å². The molecule has 1 aliphatic carbocycles. The van der Waals surface area contributed by atoms with Gasteiger partial charge in [-0.05, 0) is 72.2 Å². The highest BCUT2D eigenvalue weighted by atomic mass is 19.3. The van der Waals surface area contributed by atoms with Crippen molar-refractivity contribution in [1.82, 2.24) is 0 Å². The van der Waals surface area contributed by atoms with Crippen LogP contribution in [0.25, 0.3) is 5.57 Å². The summed E-state index contributed by atoms with van der Waals surface area (Å²) in [5, 5.41) is 12.6. The number of methoxy groups -OCH3 is 1. The Morgan fingerprint density at radius 1 is 1.03 bits per heavy atom. The number of ether oxygens (including phenoxy) is 1. The lowest BCUT2D eigenvalue weighted by molar-refractivity contribution is -0.00603. The lowest BCUT2D eigenvalue weighted by Gasteiger charge is -2.23. The molecule has 3 aromatic rings. The highest BCUT2D eigenvalue weighted by Crippen LogP contribution is 2.37. The molecule has 7 heteroatoms. The van der Waals surface area contributed by atoms with Crippen molar-refractivity contribution in [2.75, 3.05) is 24.4 Å². The van der Waals surface area contributed by atoms with Crippen LogP contribution in [-0.4, -0.2) is 31.2 Å². The maximum atomic E-state index is 13.4. The van der Waals surface area contributed by atoms with Gasteiger partial charge in [0.1, 0.15) is 5.75 Å². The lowest BCUT2D eigenvalue weighted by atomic mass is 9.91. The van der Waals surface area contributed by atoms with Crippen LogP contribution in [0.1, 0.15) is 35.2 Å². The summed E-state index contributed by atoms with van der Waals surface area (Å²) in [5.41, 5.74) is 5.20. The number of allylic oxidation sites excluding steroid dienone is 2. The van der Waals surface area contributed by atoms with Gasteiger partial charge in [-0.25, -0.2) is 13.6 Å². The normalized spacial score (nSPS) is 14.8. The highest BCUT2D eigenvalue weighted by molar-refractivity contribution is 5.95. The van der Waals surface area contributed by atoms with E-state index in [1.807, 2.05) is 60.5 Å². The summed E-state index contributed by atoms with van der Waals surface area (Å²) in [6, 6.07) is 20.4. The molecule has 2 N–H and O–H groups in total. The van der Waals surface area contributed by atoms with E-state index in [1.165, 1.54) is 13.2 Å². The van der Waals surface area contributed by atoms with Crippen molar-refractivity contribution in [3.63, 3.8) is 0 Å². The third-order valence-electron chi connectivity index (χ3n) is 6.02. The van der Waals surface area contributed by atoms with Crippen LogP contribution in [0.15, 0.2) is 72.8 Å². The number of hydrogen-bond acceptors (Lipinski definition) is 4. The highest BCUT2D eigenvalue weighted by Gasteiger charge is 2.31. The molecular formula is C27H26F2N2O3. The van der Waals surface area contributed by atoms with Gasteiger partial charge in [0.2, 0.25) is 0 Å². The van der Waals surface area contributed by atoms with Crippen LogP contribution >= 0.6 is 0 Å². The SMILES string of the molecule is COc1ccc(Nc2ccc(N(C)c3ccc(C4=CCC(F)(F)CC4)cc3)cc2)c(C(=O)O)c1. The second-order valence-corrected chi connectivity index (χ2v) is 8.28. The molecule has 4 rings (SSSR count). The largest absolute Gasteiger partial charge is 0.497 e. The molecule has 0 aromatic heterocycles. The molecule has 0 saturated carbocycles. The summed E-state index contributed by atoms with van der Waals surface area (Å²) in [6.07, 6.45) is 1.72. The molecule has 0 saturated heterocycles. The van der Waals surface area contributed by atoms with Crippen LogP contribution in [0.5, 0.6) is 5.75 Å². The first kappa shape index (κ1) is 23.3. The Balaban J connectivity index is 1.46. The van der Waals surface area contributed by atoms with Crippen LogP contribution in [-0.2, 0) is 0 Å². The first-order valence-corrected chi connectivity index (χ1v) is 11.0. The number of nitrogens with one attached hydrogen (secondary N) is 1. The van der Waals surface area contributed by atoms with Crippen LogP contribution in [0.2, 0.25) is 0 Å². The number of carboxylic acid groups (broad SMARTS) is 1. The van der Waals surface area contributed by atoms with Crippen molar-refractivity contribution in [2.45, 2.75) is 25.2 Å². The second-order valence-electron chi connectivity index (χ2n) is 8.28. The quantitative estimate of drug-likeness (QED) is 0.390. The number of hydrogen-bond donors (Lipinski definition) is 2. The summed E-state index contributed by atoms with van der Waals surface area (Å²) in [5.74, 6) is -3.16. The first-order chi connectivity index (χ1) is 16.3. The van der Waals surface area contributed by atoms with Crippen molar-refractivity contribution < 1.29 is 23.4 Å². The van der Waals surface area contributed by atoms with E-state index >= 15 is 0 Å². The van der Waals surface area contributed by atoms with Gasteiger partial charge >= 0.3 is 5.97 Å². The fourth-order valence-electron chi connectivity index (χ4n) is 3.96. The monoisotopic (exact) mass is 464 g/mol. The standard InChI is InChI=1S/C27H26F2N2O3/c1-31(21-7-3-18(4-8-21)19-13-15-27(28,29)16-14-19)22-9-5-20(6-10-22)30-25-12-11-23(34-2)17-24(25)26(32)33/h3-13,17,30H,14-16H2,1-2H3,(H,32,33).